The van der Waals surface area contributed by atoms with Gasteiger partial charge in [0.1, 0.15) is 0 Å². The average Bonchev–Trinajstić information content (AvgIpc) is 2.19. The van der Waals surface area contributed by atoms with Crippen LogP contribution < -0.4 is 4.72 Å². The fraction of sp³-hybridized carbons (Fsp3) is 0.200. The molecule has 1 aromatic carbocycles. The highest BCUT2D eigenvalue weighted by Gasteiger charge is 2.11. The van der Waals surface area contributed by atoms with Gasteiger partial charge < -0.3 is 0 Å². The number of carbonyl (C=O) groups is 1. The lowest BCUT2D eigenvalue weighted by Gasteiger charge is -2.07. The molecule has 1 rings (SSSR count). The molecule has 0 aliphatic rings. The minimum atomic E-state index is -3.47. The lowest BCUT2D eigenvalue weighted by atomic mass is 10.1. The van der Waals surface area contributed by atoms with Crippen LogP contribution in [0.15, 0.2) is 18.2 Å². The third kappa shape index (κ3) is 4.06. The largest absolute Gasteiger partial charge is 0.293 e. The van der Waals surface area contributed by atoms with Crippen molar-refractivity contribution in [2.45, 2.75) is 6.42 Å². The first kappa shape index (κ1) is 13.5. The summed E-state index contributed by atoms with van der Waals surface area (Å²) in [4.78, 5) is 11.4. The van der Waals surface area contributed by atoms with Crippen LogP contribution in [-0.2, 0) is 10.0 Å². The molecule has 5 nitrogen and oxygen atoms in total. The van der Waals surface area contributed by atoms with E-state index in [1.807, 2.05) is 0 Å². The van der Waals surface area contributed by atoms with Crippen molar-refractivity contribution in [3.05, 3.63) is 28.8 Å². The van der Waals surface area contributed by atoms with Crippen LogP contribution in [0.5, 0.6) is 0 Å². The quantitative estimate of drug-likeness (QED) is 0.847. The van der Waals surface area contributed by atoms with Gasteiger partial charge in [0.15, 0.2) is 5.78 Å². The number of carbonyl (C=O) groups excluding carboxylic acids is 1. The summed E-state index contributed by atoms with van der Waals surface area (Å²) in [5.41, 5.74) is 0.361. The molecule has 17 heavy (non-hydrogen) atoms. The molecular weight excluding hydrogens is 264 g/mol. The van der Waals surface area contributed by atoms with Gasteiger partial charge in [-0.2, -0.15) is 5.26 Å². The maximum Gasteiger partial charge on any atom is 0.229 e. The van der Waals surface area contributed by atoms with Crippen LogP contribution >= 0.6 is 11.6 Å². The monoisotopic (exact) mass is 272 g/mol. The van der Waals surface area contributed by atoms with E-state index in [9.17, 15) is 13.2 Å². The van der Waals surface area contributed by atoms with Crippen LogP contribution in [0.25, 0.3) is 0 Å². The van der Waals surface area contributed by atoms with Crippen LogP contribution in [0.1, 0.15) is 16.8 Å². The number of halogens is 1. The zero-order chi connectivity index (χ0) is 13.1. The number of nitrogens with one attached hydrogen (secondary N) is 1. The van der Waals surface area contributed by atoms with Gasteiger partial charge in [-0.15, -0.1) is 0 Å². The fourth-order valence-electron chi connectivity index (χ4n) is 1.15. The minimum absolute atomic E-state index is 0.123. The van der Waals surface area contributed by atoms with Gasteiger partial charge in [-0.3, -0.25) is 9.52 Å². The average molecular weight is 273 g/mol. The molecule has 0 radical (unpaired) electrons. The van der Waals surface area contributed by atoms with E-state index < -0.39 is 10.0 Å². The highest BCUT2D eigenvalue weighted by Crippen LogP contribution is 2.24. The molecule has 0 unspecified atom stereocenters. The van der Waals surface area contributed by atoms with Crippen molar-refractivity contribution in [1.29, 1.82) is 5.26 Å². The Balaban J connectivity index is 3.12. The van der Waals surface area contributed by atoms with Gasteiger partial charge in [-0.1, -0.05) is 11.6 Å². The first-order valence-electron chi connectivity index (χ1n) is 4.51. The molecule has 0 bridgehead atoms. The van der Waals surface area contributed by atoms with Crippen molar-refractivity contribution in [3.8, 4) is 6.07 Å². The van der Waals surface area contributed by atoms with Gasteiger partial charge in [0, 0.05) is 5.56 Å². The maximum atomic E-state index is 11.4. The third-order valence-corrected chi connectivity index (χ3v) is 2.74. The molecule has 90 valence electrons. The molecule has 0 amide bonds. The Morgan fingerprint density at radius 2 is 2.18 bits per heavy atom. The Bertz CT molecular complexity index is 590. The van der Waals surface area contributed by atoms with Crippen LogP contribution in [0, 0.1) is 11.3 Å². The van der Waals surface area contributed by atoms with E-state index in [0.717, 1.165) is 6.26 Å². The van der Waals surface area contributed by atoms with Crippen molar-refractivity contribution in [2.75, 3.05) is 11.0 Å². The zero-order valence-electron chi connectivity index (χ0n) is 8.90. The molecule has 0 atom stereocenters. The summed E-state index contributed by atoms with van der Waals surface area (Å²) in [6.07, 6.45) is 0.715. The number of sulfonamides is 1. The topological polar surface area (TPSA) is 87.0 Å². The number of anilines is 1. The van der Waals surface area contributed by atoms with E-state index in [0.29, 0.717) is 0 Å². The molecule has 0 spiro atoms. The number of ketones is 1. The van der Waals surface area contributed by atoms with E-state index in [2.05, 4.69) is 4.72 Å². The zero-order valence-corrected chi connectivity index (χ0v) is 10.5. The SMILES string of the molecule is CS(=O)(=O)Nc1cc(C(=O)CC#N)ccc1Cl. The van der Waals surface area contributed by atoms with Gasteiger partial charge in [0.2, 0.25) is 10.0 Å². The Hall–Kier alpha value is -1.58. The minimum Gasteiger partial charge on any atom is -0.293 e. The molecule has 0 saturated carbocycles. The summed E-state index contributed by atoms with van der Waals surface area (Å²) in [6, 6.07) is 5.88. The molecule has 0 aromatic heterocycles. The lowest BCUT2D eigenvalue weighted by molar-refractivity contribution is 0.0998. The smallest absolute Gasteiger partial charge is 0.229 e. The van der Waals surface area contributed by atoms with Gasteiger partial charge in [-0.25, -0.2) is 8.42 Å². The van der Waals surface area contributed by atoms with Crippen LogP contribution in [-0.4, -0.2) is 20.5 Å². The van der Waals surface area contributed by atoms with Gasteiger partial charge in [0.25, 0.3) is 0 Å². The van der Waals surface area contributed by atoms with E-state index in [1.54, 1.807) is 6.07 Å². The second-order valence-corrected chi connectivity index (χ2v) is 5.48. The van der Waals surface area contributed by atoms with E-state index in [4.69, 9.17) is 16.9 Å². The Kier molecular flexibility index (Phi) is 4.10. The molecule has 0 saturated heterocycles. The normalized spacial score (nSPS) is 10.6. The highest BCUT2D eigenvalue weighted by atomic mass is 35.5. The van der Waals surface area contributed by atoms with Crippen molar-refractivity contribution >= 4 is 33.1 Å². The molecule has 0 fully saturated rings. The highest BCUT2D eigenvalue weighted by molar-refractivity contribution is 7.92. The van der Waals surface area contributed by atoms with Gasteiger partial charge in [-0.05, 0) is 18.2 Å². The Morgan fingerprint density at radius 1 is 1.53 bits per heavy atom. The number of Topliss-reactive ketones (excluding diaryl/α,β-unsaturated/α-hetero) is 1. The molecule has 1 aromatic rings. The van der Waals surface area contributed by atoms with Crippen LogP contribution in [0.3, 0.4) is 0 Å². The first-order chi connectivity index (χ1) is 7.83. The van der Waals surface area contributed by atoms with Crippen molar-refractivity contribution in [2.24, 2.45) is 0 Å². The van der Waals surface area contributed by atoms with E-state index >= 15 is 0 Å². The second-order valence-electron chi connectivity index (χ2n) is 3.33. The summed E-state index contributed by atoms with van der Waals surface area (Å²) < 4.78 is 24.3. The first-order valence-corrected chi connectivity index (χ1v) is 6.78. The van der Waals surface area contributed by atoms with Crippen LogP contribution in [0.4, 0.5) is 5.69 Å². The summed E-state index contributed by atoms with van der Waals surface area (Å²) >= 11 is 5.78. The Labute approximate surface area is 104 Å². The number of hydrogen-bond acceptors (Lipinski definition) is 4. The van der Waals surface area contributed by atoms with Crippen molar-refractivity contribution < 1.29 is 13.2 Å². The molecule has 1 N–H and O–H groups in total. The summed E-state index contributed by atoms with van der Waals surface area (Å²) in [5, 5.41) is 8.58. The molecule has 7 heteroatoms. The van der Waals surface area contributed by atoms with E-state index in [1.165, 1.54) is 18.2 Å². The second kappa shape index (κ2) is 5.17. The predicted octanol–water partition coefficient (Wildman–Crippen LogP) is 1.81. The summed E-state index contributed by atoms with van der Waals surface area (Å²) in [7, 11) is -3.47. The van der Waals surface area contributed by atoms with Gasteiger partial charge >= 0.3 is 0 Å². The third-order valence-electron chi connectivity index (χ3n) is 1.82. The summed E-state index contributed by atoms with van der Waals surface area (Å²) in [5.74, 6) is -0.388. The molecule has 0 aliphatic heterocycles. The standard InChI is InChI=1S/C10H9ClN2O3S/c1-17(15,16)13-9-6-7(2-3-8(9)11)10(14)4-5-12/h2-3,6,13H,4H2,1H3. The molecule has 0 heterocycles. The predicted molar refractivity (Wildman–Crippen MR) is 64.5 cm³/mol. The fourth-order valence-corrected chi connectivity index (χ4v) is 1.94. The van der Waals surface area contributed by atoms with Crippen LogP contribution in [0.2, 0.25) is 5.02 Å². The Morgan fingerprint density at radius 3 is 2.71 bits per heavy atom. The number of hydrogen-bond donors (Lipinski definition) is 1. The number of benzene rings is 1. The summed E-state index contributed by atoms with van der Waals surface area (Å²) in [6.45, 7) is 0. The number of nitrogens with zero attached hydrogens (tertiary/aromatic N) is 1. The maximum absolute atomic E-state index is 11.4. The molecule has 0 aliphatic carbocycles. The molecular formula is C10H9ClN2O3S. The van der Waals surface area contributed by atoms with Gasteiger partial charge in [0.05, 0.1) is 29.5 Å². The van der Waals surface area contributed by atoms with Crippen molar-refractivity contribution in [3.63, 3.8) is 0 Å². The number of nitriles is 1. The van der Waals surface area contributed by atoms with Crippen molar-refractivity contribution in [1.82, 2.24) is 0 Å². The number of rotatable bonds is 4. The van der Waals surface area contributed by atoms with E-state index in [-0.39, 0.29) is 28.5 Å². The lowest BCUT2D eigenvalue weighted by Crippen LogP contribution is -2.10.